The Bertz CT molecular complexity index is 745. The summed E-state index contributed by atoms with van der Waals surface area (Å²) in [7, 11) is 1.84. The lowest BCUT2D eigenvalue weighted by molar-refractivity contribution is -0.874. The molecule has 2 unspecified atom stereocenters. The van der Waals surface area contributed by atoms with Crippen LogP contribution in [0, 0.1) is 11.2 Å². The molecule has 7 heteroatoms. The number of hydrogen-bond acceptors (Lipinski definition) is 4. The monoisotopic (exact) mass is 365 g/mol. The van der Waals surface area contributed by atoms with Crippen molar-refractivity contribution in [3.05, 3.63) is 29.1 Å². The van der Waals surface area contributed by atoms with Crippen molar-refractivity contribution >= 4 is 11.8 Å². The Morgan fingerprint density at radius 1 is 1.31 bits per heavy atom. The van der Waals surface area contributed by atoms with Crippen LogP contribution in [0.25, 0.3) is 0 Å². The summed E-state index contributed by atoms with van der Waals surface area (Å²) in [6.07, 6.45) is 1.31. The fourth-order valence-corrected chi connectivity index (χ4v) is 3.82. The van der Waals surface area contributed by atoms with Gasteiger partial charge in [0.1, 0.15) is 30.8 Å². The van der Waals surface area contributed by atoms with Crippen molar-refractivity contribution < 1.29 is 27.9 Å². The van der Waals surface area contributed by atoms with E-state index in [2.05, 4.69) is 0 Å². The first kappa shape index (κ1) is 18.8. The lowest BCUT2D eigenvalue weighted by Gasteiger charge is -2.42. The molecule has 0 spiro atoms. The highest BCUT2D eigenvalue weighted by atomic mass is 19.1. The van der Waals surface area contributed by atoms with E-state index >= 15 is 0 Å². The highest BCUT2D eigenvalue weighted by Crippen LogP contribution is 2.39. The molecule has 0 aliphatic carbocycles. The predicted octanol–water partition coefficient (Wildman–Crippen LogP) is 2.00. The Morgan fingerprint density at radius 2 is 1.96 bits per heavy atom. The smallest absolute Gasteiger partial charge is 0.320 e. The molecule has 1 aromatic rings. The number of benzene rings is 1. The van der Waals surface area contributed by atoms with Gasteiger partial charge in [0.05, 0.1) is 18.0 Å². The van der Waals surface area contributed by atoms with E-state index in [1.165, 1.54) is 6.07 Å². The minimum atomic E-state index is -0.712. The Hall–Kier alpha value is -1.99. The molecule has 2 atom stereocenters. The number of ether oxygens (including phenoxy) is 2. The molecule has 2 heterocycles. The second-order valence-electron chi connectivity index (χ2n) is 7.86. The number of halogens is 1. The van der Waals surface area contributed by atoms with Crippen LogP contribution in [-0.4, -0.2) is 49.2 Å². The van der Waals surface area contributed by atoms with Crippen LogP contribution in [0.2, 0.25) is 0 Å². The highest BCUT2D eigenvalue weighted by molar-refractivity contribution is 5.93. The molecule has 2 aliphatic heterocycles. The molecule has 2 N–H and O–H groups in total. The van der Waals surface area contributed by atoms with Gasteiger partial charge in [0.25, 0.3) is 0 Å². The lowest BCUT2D eigenvalue weighted by Crippen LogP contribution is -2.61. The van der Waals surface area contributed by atoms with E-state index in [-0.39, 0.29) is 40.9 Å². The maximum absolute atomic E-state index is 14.7. The van der Waals surface area contributed by atoms with Crippen molar-refractivity contribution in [1.29, 1.82) is 0 Å². The fraction of sp³-hybridized carbons (Fsp3) is 0.579. The van der Waals surface area contributed by atoms with Gasteiger partial charge in [-0.05, 0) is 38.8 Å². The zero-order valence-electron chi connectivity index (χ0n) is 15.5. The van der Waals surface area contributed by atoms with E-state index in [1.807, 2.05) is 20.9 Å². The molecule has 1 saturated heterocycles. The minimum absolute atomic E-state index is 0.0519. The van der Waals surface area contributed by atoms with Gasteiger partial charge in [-0.2, -0.15) is 0 Å². The number of nitrogens with two attached hydrogens (primary N) is 1. The van der Waals surface area contributed by atoms with Crippen molar-refractivity contribution in [2.75, 3.05) is 26.9 Å². The molecule has 6 nitrogen and oxygen atoms in total. The van der Waals surface area contributed by atoms with Gasteiger partial charge < -0.3 is 15.2 Å². The first-order valence-electron chi connectivity index (χ1n) is 8.90. The van der Waals surface area contributed by atoms with Crippen LogP contribution in [0.15, 0.2) is 12.1 Å². The molecule has 0 bridgehead atoms. The number of carbonyl (C=O) groups is 2. The SMILES string of the molecule is CC1COc2cc(C(N)=O)cc(F)c2C[N+]1(C)C(=O)C1(C)CCOCC1. The molecule has 142 valence electrons. The van der Waals surface area contributed by atoms with Gasteiger partial charge in [0.15, 0.2) is 0 Å². The molecule has 1 fully saturated rings. The average Bonchev–Trinajstić information content (AvgIpc) is 2.73. The summed E-state index contributed by atoms with van der Waals surface area (Å²) in [4.78, 5) is 24.9. The van der Waals surface area contributed by atoms with Crippen LogP contribution in [0.5, 0.6) is 5.75 Å². The van der Waals surface area contributed by atoms with Crippen molar-refractivity contribution in [3.8, 4) is 5.75 Å². The predicted molar refractivity (Wildman–Crippen MR) is 92.9 cm³/mol. The number of fused-ring (bicyclic) bond motifs is 1. The Balaban J connectivity index is 2.01. The molecule has 26 heavy (non-hydrogen) atoms. The fourth-order valence-electron chi connectivity index (χ4n) is 3.82. The molecular formula is C19H26FN2O4+. The van der Waals surface area contributed by atoms with Crippen LogP contribution in [0.3, 0.4) is 0 Å². The lowest BCUT2D eigenvalue weighted by atomic mass is 9.79. The number of rotatable bonds is 2. The molecule has 0 radical (unpaired) electrons. The Labute approximate surface area is 152 Å². The molecule has 2 aliphatic rings. The van der Waals surface area contributed by atoms with Gasteiger partial charge in [-0.25, -0.2) is 9.18 Å². The number of quaternary nitrogens is 1. The van der Waals surface area contributed by atoms with Gasteiger partial charge in [0, 0.05) is 18.8 Å². The third-order valence-electron chi connectivity index (χ3n) is 5.96. The third kappa shape index (κ3) is 3.10. The Kier molecular flexibility index (Phi) is 4.79. The van der Waals surface area contributed by atoms with Crippen molar-refractivity contribution in [1.82, 2.24) is 0 Å². The third-order valence-corrected chi connectivity index (χ3v) is 5.96. The topological polar surface area (TPSA) is 78.6 Å². The normalized spacial score (nSPS) is 27.8. The number of primary amides is 1. The van der Waals surface area contributed by atoms with Gasteiger partial charge in [-0.1, -0.05) is 0 Å². The number of carbonyl (C=O) groups excluding carboxylic acids is 2. The quantitative estimate of drug-likeness (QED) is 0.813. The molecule has 1 aromatic carbocycles. The zero-order chi connectivity index (χ0) is 19.1. The summed E-state index contributed by atoms with van der Waals surface area (Å²) < 4.78 is 25.9. The molecule has 0 saturated carbocycles. The summed E-state index contributed by atoms with van der Waals surface area (Å²) in [6, 6.07) is 2.42. The number of hydrogen-bond donors (Lipinski definition) is 1. The average molecular weight is 365 g/mol. The maximum atomic E-state index is 14.7. The van der Waals surface area contributed by atoms with E-state index in [4.69, 9.17) is 15.2 Å². The van der Waals surface area contributed by atoms with Crippen LogP contribution < -0.4 is 10.5 Å². The van der Waals surface area contributed by atoms with Crippen molar-refractivity contribution in [2.24, 2.45) is 11.1 Å². The minimum Gasteiger partial charge on any atom is -0.487 e. The van der Waals surface area contributed by atoms with Crippen LogP contribution >= 0.6 is 0 Å². The van der Waals surface area contributed by atoms with Crippen molar-refractivity contribution in [2.45, 2.75) is 39.3 Å². The summed E-state index contributed by atoms with van der Waals surface area (Å²) >= 11 is 0. The van der Waals surface area contributed by atoms with E-state index in [1.54, 1.807) is 0 Å². The summed E-state index contributed by atoms with van der Waals surface area (Å²) in [5.41, 5.74) is 5.14. The number of nitrogens with zero attached hydrogens (tertiary/aromatic N) is 1. The molecule has 0 aromatic heterocycles. The van der Waals surface area contributed by atoms with E-state index in [0.717, 1.165) is 6.07 Å². The molecule has 2 amide bonds. The number of amides is 2. The number of likely N-dealkylation sites (N-methyl/N-ethyl adjacent to an activating group) is 1. The van der Waals surface area contributed by atoms with E-state index < -0.39 is 17.1 Å². The maximum Gasteiger partial charge on any atom is 0.320 e. The van der Waals surface area contributed by atoms with Gasteiger partial charge >= 0.3 is 5.91 Å². The Morgan fingerprint density at radius 3 is 2.58 bits per heavy atom. The van der Waals surface area contributed by atoms with Crippen molar-refractivity contribution in [3.63, 3.8) is 0 Å². The highest BCUT2D eigenvalue weighted by Gasteiger charge is 2.51. The summed E-state index contributed by atoms with van der Waals surface area (Å²) in [5, 5.41) is 0. The second kappa shape index (κ2) is 6.63. The van der Waals surface area contributed by atoms with E-state index in [9.17, 15) is 14.0 Å². The van der Waals surface area contributed by atoms with Crippen LogP contribution in [0.1, 0.15) is 42.6 Å². The zero-order valence-corrected chi connectivity index (χ0v) is 15.5. The standard InChI is InChI=1S/C19H25FN2O4/c1-12-11-26-16-9-13(17(21)23)8-15(20)14(16)10-22(12,3)18(24)19(2)4-6-25-7-5-19/h8-9,12H,4-7,10-11H2,1-3H3,(H-,21,23)/p+1. The van der Waals surface area contributed by atoms with Gasteiger partial charge in [0.2, 0.25) is 5.91 Å². The molecular weight excluding hydrogens is 339 g/mol. The van der Waals surface area contributed by atoms with Crippen LogP contribution in [0.4, 0.5) is 4.39 Å². The molecule has 3 rings (SSSR count). The largest absolute Gasteiger partial charge is 0.487 e. The summed E-state index contributed by atoms with van der Waals surface area (Å²) in [5.74, 6) is -0.920. The first-order chi connectivity index (χ1) is 12.2. The van der Waals surface area contributed by atoms with Gasteiger partial charge in [-0.3, -0.25) is 9.28 Å². The second-order valence-corrected chi connectivity index (χ2v) is 7.86. The van der Waals surface area contributed by atoms with Crippen LogP contribution in [-0.2, 0) is 16.1 Å². The summed E-state index contributed by atoms with van der Waals surface area (Å²) in [6.45, 7) is 5.44. The first-order valence-corrected chi connectivity index (χ1v) is 8.90. The van der Waals surface area contributed by atoms with E-state index in [0.29, 0.717) is 31.6 Å². The van der Waals surface area contributed by atoms with Gasteiger partial charge in [-0.15, -0.1) is 0 Å².